The van der Waals surface area contributed by atoms with Crippen molar-refractivity contribution in [2.75, 3.05) is 26.2 Å². The van der Waals surface area contributed by atoms with Crippen LogP contribution in [0, 0.1) is 0 Å². The van der Waals surface area contributed by atoms with Crippen LogP contribution >= 0.6 is 0 Å². The average molecular weight is 629 g/mol. The number of aliphatic hydroxyl groups excluding tert-OH is 4. The molecule has 44 heavy (non-hydrogen) atoms. The van der Waals surface area contributed by atoms with E-state index in [4.69, 9.17) is 0 Å². The fraction of sp³-hybridized carbons (Fsp3) is 1.00. The first-order valence-corrected chi connectivity index (χ1v) is 19.7. The Hall–Kier alpha value is -0.240. The molecule has 4 atom stereocenters. The van der Waals surface area contributed by atoms with Gasteiger partial charge in [0.05, 0.1) is 12.2 Å². The second kappa shape index (κ2) is 35.6. The number of hydrogen-bond donors (Lipinski definition) is 6. The summed E-state index contributed by atoms with van der Waals surface area (Å²) < 4.78 is 0. The SMILES string of the molecule is CCCCCCCCCCCCCCCCNC[C@@H](O)[C@@H](O)[C@H](O)[C@@H](O)CNCCCCCCCCCCCCCCCC. The summed E-state index contributed by atoms with van der Waals surface area (Å²) in [6.07, 6.45) is 32.3. The lowest BCUT2D eigenvalue weighted by Crippen LogP contribution is -2.50. The van der Waals surface area contributed by atoms with Crippen molar-refractivity contribution in [2.24, 2.45) is 0 Å². The number of hydrogen-bond acceptors (Lipinski definition) is 6. The van der Waals surface area contributed by atoms with Crippen LogP contribution in [0.25, 0.3) is 0 Å². The van der Waals surface area contributed by atoms with Crippen molar-refractivity contribution in [1.29, 1.82) is 0 Å². The molecule has 0 saturated carbocycles. The van der Waals surface area contributed by atoms with Crippen LogP contribution in [0.15, 0.2) is 0 Å². The topological polar surface area (TPSA) is 105 Å². The van der Waals surface area contributed by atoms with Crippen molar-refractivity contribution in [3.63, 3.8) is 0 Å². The molecular formula is C38H80N2O4. The Bertz CT molecular complexity index is 493. The molecule has 0 rings (SSSR count). The number of nitrogens with one attached hydrogen (secondary N) is 2. The largest absolute Gasteiger partial charge is 0.389 e. The van der Waals surface area contributed by atoms with Crippen LogP contribution in [0.1, 0.15) is 194 Å². The monoisotopic (exact) mass is 629 g/mol. The fourth-order valence-electron chi connectivity index (χ4n) is 6.09. The third-order valence-electron chi connectivity index (χ3n) is 9.26. The lowest BCUT2D eigenvalue weighted by atomic mass is 10.0. The minimum absolute atomic E-state index is 0.218. The number of unbranched alkanes of at least 4 members (excludes halogenated alkanes) is 26. The third kappa shape index (κ3) is 30.4. The highest BCUT2D eigenvalue weighted by atomic mass is 16.4. The van der Waals surface area contributed by atoms with E-state index in [0.717, 1.165) is 25.9 Å². The van der Waals surface area contributed by atoms with Gasteiger partial charge in [0.15, 0.2) is 0 Å². The molecule has 6 N–H and O–H groups in total. The molecule has 0 aromatic rings. The standard InChI is InChI=1S/C38H80N2O4/c1-3-5-7-9-11-13-15-17-19-21-23-25-27-29-31-39-33-35(41)37(43)38(44)36(42)34-40-32-30-28-26-24-22-20-18-16-14-12-10-8-6-4-2/h35-44H,3-34H2,1-2H3/t35-,36+,37-,38-/m1/s1. The number of rotatable bonds is 37. The van der Waals surface area contributed by atoms with Crippen LogP contribution in [0.2, 0.25) is 0 Å². The zero-order valence-electron chi connectivity index (χ0n) is 29.7. The molecule has 0 unspecified atom stereocenters. The average Bonchev–Trinajstić information content (AvgIpc) is 3.03. The number of aliphatic hydroxyl groups is 4. The highest BCUT2D eigenvalue weighted by molar-refractivity contribution is 4.83. The lowest BCUT2D eigenvalue weighted by Gasteiger charge is -2.27. The van der Waals surface area contributed by atoms with E-state index in [-0.39, 0.29) is 13.1 Å². The van der Waals surface area contributed by atoms with Gasteiger partial charge in [0.2, 0.25) is 0 Å². The van der Waals surface area contributed by atoms with E-state index < -0.39 is 24.4 Å². The van der Waals surface area contributed by atoms with E-state index in [1.165, 1.54) is 167 Å². The molecule has 0 fully saturated rings. The van der Waals surface area contributed by atoms with Crippen molar-refractivity contribution in [2.45, 2.75) is 218 Å². The molecule has 0 aliphatic heterocycles. The van der Waals surface area contributed by atoms with Gasteiger partial charge in [0.25, 0.3) is 0 Å². The summed E-state index contributed by atoms with van der Waals surface area (Å²) in [5.41, 5.74) is 0. The van der Waals surface area contributed by atoms with E-state index in [9.17, 15) is 20.4 Å². The van der Waals surface area contributed by atoms with E-state index >= 15 is 0 Å². The van der Waals surface area contributed by atoms with Gasteiger partial charge in [-0.1, -0.05) is 181 Å². The fourth-order valence-corrected chi connectivity index (χ4v) is 6.09. The normalized spacial score (nSPS) is 14.6. The molecule has 0 saturated heterocycles. The van der Waals surface area contributed by atoms with Gasteiger partial charge in [-0.05, 0) is 25.9 Å². The summed E-state index contributed by atoms with van der Waals surface area (Å²) in [5.74, 6) is 0. The minimum Gasteiger partial charge on any atom is -0.389 e. The van der Waals surface area contributed by atoms with Crippen molar-refractivity contribution in [1.82, 2.24) is 10.6 Å². The van der Waals surface area contributed by atoms with Gasteiger partial charge >= 0.3 is 0 Å². The quantitative estimate of drug-likeness (QED) is 0.0385. The Balaban J connectivity index is 3.50. The summed E-state index contributed by atoms with van der Waals surface area (Å²) in [6, 6.07) is 0. The van der Waals surface area contributed by atoms with E-state index in [1.807, 2.05) is 0 Å². The van der Waals surface area contributed by atoms with Crippen LogP contribution in [0.5, 0.6) is 0 Å². The highest BCUT2D eigenvalue weighted by Crippen LogP contribution is 2.14. The Labute approximate surface area is 275 Å². The smallest absolute Gasteiger partial charge is 0.110 e. The van der Waals surface area contributed by atoms with Crippen molar-refractivity contribution < 1.29 is 20.4 Å². The van der Waals surface area contributed by atoms with E-state index in [0.29, 0.717) is 0 Å². The summed E-state index contributed by atoms with van der Waals surface area (Å²) in [7, 11) is 0. The molecule has 0 bridgehead atoms. The van der Waals surface area contributed by atoms with Crippen molar-refractivity contribution >= 4 is 0 Å². The van der Waals surface area contributed by atoms with Crippen LogP contribution in [0.3, 0.4) is 0 Å². The van der Waals surface area contributed by atoms with Crippen LogP contribution in [0.4, 0.5) is 0 Å². The third-order valence-corrected chi connectivity index (χ3v) is 9.26. The molecule has 0 radical (unpaired) electrons. The highest BCUT2D eigenvalue weighted by Gasteiger charge is 2.29. The summed E-state index contributed by atoms with van der Waals surface area (Å²) in [4.78, 5) is 0. The molecule has 0 aromatic heterocycles. The molecule has 0 spiro atoms. The summed E-state index contributed by atoms with van der Waals surface area (Å²) >= 11 is 0. The first-order valence-electron chi connectivity index (χ1n) is 19.7. The van der Waals surface area contributed by atoms with Gasteiger partial charge in [-0.15, -0.1) is 0 Å². The maximum atomic E-state index is 10.3. The maximum absolute atomic E-state index is 10.3. The Morgan fingerprint density at radius 1 is 0.318 bits per heavy atom. The Kier molecular flexibility index (Phi) is 35.4. The molecule has 0 aliphatic rings. The van der Waals surface area contributed by atoms with Gasteiger partial charge < -0.3 is 31.1 Å². The van der Waals surface area contributed by atoms with Crippen LogP contribution in [-0.4, -0.2) is 71.0 Å². The summed E-state index contributed by atoms with van der Waals surface area (Å²) in [6.45, 7) is 6.56. The first-order chi connectivity index (χ1) is 21.5. The van der Waals surface area contributed by atoms with Gasteiger partial charge in [0.1, 0.15) is 12.2 Å². The molecule has 6 heteroatoms. The van der Waals surface area contributed by atoms with Crippen LogP contribution < -0.4 is 10.6 Å². The van der Waals surface area contributed by atoms with Crippen LogP contribution in [-0.2, 0) is 0 Å². The molecular weight excluding hydrogens is 548 g/mol. The second-order valence-corrected chi connectivity index (χ2v) is 13.7. The van der Waals surface area contributed by atoms with Gasteiger partial charge in [0, 0.05) is 13.1 Å². The van der Waals surface area contributed by atoms with Crippen molar-refractivity contribution in [3.8, 4) is 0 Å². The first kappa shape index (κ1) is 43.8. The Morgan fingerprint density at radius 3 is 0.750 bits per heavy atom. The summed E-state index contributed by atoms with van der Waals surface area (Å²) in [5, 5.41) is 47.5. The zero-order valence-corrected chi connectivity index (χ0v) is 29.7. The maximum Gasteiger partial charge on any atom is 0.110 e. The molecule has 6 nitrogen and oxygen atoms in total. The minimum atomic E-state index is -1.36. The molecule has 0 heterocycles. The van der Waals surface area contributed by atoms with Gasteiger partial charge in [-0.25, -0.2) is 0 Å². The van der Waals surface area contributed by atoms with Gasteiger partial charge in [-0.2, -0.15) is 0 Å². The Morgan fingerprint density at radius 2 is 0.523 bits per heavy atom. The molecule has 0 amide bonds. The van der Waals surface area contributed by atoms with E-state index in [1.54, 1.807) is 0 Å². The van der Waals surface area contributed by atoms with E-state index in [2.05, 4.69) is 24.5 Å². The molecule has 0 aliphatic carbocycles. The second-order valence-electron chi connectivity index (χ2n) is 13.7. The molecule has 266 valence electrons. The predicted octanol–water partition coefficient (Wildman–Crippen LogP) is 8.57. The molecule has 0 aromatic carbocycles. The zero-order chi connectivity index (χ0) is 32.4. The predicted molar refractivity (Wildman–Crippen MR) is 190 cm³/mol. The van der Waals surface area contributed by atoms with Crippen molar-refractivity contribution in [3.05, 3.63) is 0 Å². The van der Waals surface area contributed by atoms with Gasteiger partial charge in [-0.3, -0.25) is 0 Å². The lowest BCUT2D eigenvalue weighted by molar-refractivity contribution is -0.102.